The summed E-state index contributed by atoms with van der Waals surface area (Å²) in [6.07, 6.45) is 0. The van der Waals surface area contributed by atoms with Crippen LogP contribution in [0.4, 0.5) is 0 Å². The van der Waals surface area contributed by atoms with Crippen LogP contribution in [0.15, 0.2) is 0 Å². The fourth-order valence-corrected chi connectivity index (χ4v) is 0. The number of amides is 1. The maximum Gasteiger partial charge on any atom is 0.305 e. The van der Waals surface area contributed by atoms with Crippen LogP contribution in [0.3, 0.4) is 0 Å². The largest absolute Gasteiger partial charge is 0.356 e. The minimum Gasteiger partial charge on any atom is -0.356 e. The van der Waals surface area contributed by atoms with Crippen LogP contribution in [0.5, 0.6) is 0 Å². The topological polar surface area (TPSA) is 111 Å². The van der Waals surface area contributed by atoms with E-state index in [0.29, 0.717) is 0 Å². The lowest BCUT2D eigenvalue weighted by molar-refractivity contribution is -0.402. The number of nitrogens with zero attached hydrogens (tertiary/aromatic N) is 1. The van der Waals surface area contributed by atoms with E-state index in [9.17, 15) is 4.79 Å². The van der Waals surface area contributed by atoms with E-state index in [4.69, 9.17) is 15.3 Å². The summed E-state index contributed by atoms with van der Waals surface area (Å²) in [4.78, 5) is 17.6. The molecule has 0 aromatic heterocycles. The Morgan fingerprint density at radius 2 is 1.62 bits per heavy atom. The van der Waals surface area contributed by atoms with Gasteiger partial charge in [0.2, 0.25) is 0 Å². The Balaban J connectivity index is 0. The molecule has 0 aliphatic carbocycles. The first kappa shape index (κ1) is 9.95. The summed E-state index contributed by atoms with van der Waals surface area (Å²) in [6.45, 7) is 1.42. The molecule has 1 amide bonds. The van der Waals surface area contributed by atoms with Gasteiger partial charge in [-0.1, -0.05) is 0 Å². The van der Waals surface area contributed by atoms with Gasteiger partial charge in [-0.15, -0.1) is 0 Å². The summed E-state index contributed by atoms with van der Waals surface area (Å²) in [5.74, 6) is -0.0833. The second kappa shape index (κ2) is 5.83. The molecule has 48 valence electrons. The van der Waals surface area contributed by atoms with Gasteiger partial charge in [0.25, 0.3) is 0 Å². The molecule has 0 atom stereocenters. The van der Waals surface area contributed by atoms with E-state index in [1.165, 1.54) is 6.92 Å². The van der Waals surface area contributed by atoms with E-state index in [0.717, 1.165) is 0 Å². The number of carbonyl (C=O) groups is 1. The van der Waals surface area contributed by atoms with Crippen molar-refractivity contribution in [3.8, 4) is 0 Å². The first-order chi connectivity index (χ1) is 3.46. The van der Waals surface area contributed by atoms with Crippen LogP contribution in [-0.2, 0) is 4.79 Å². The Labute approximate surface area is 45.0 Å². The summed E-state index contributed by atoms with van der Waals surface area (Å²) in [5, 5.41) is 14.8. The van der Waals surface area contributed by atoms with Crippen molar-refractivity contribution in [3.63, 3.8) is 0 Å². The van der Waals surface area contributed by atoms with Crippen LogP contribution in [0, 0.1) is 15.3 Å². The van der Waals surface area contributed by atoms with Crippen molar-refractivity contribution in [2.45, 2.75) is 6.92 Å². The molecule has 8 heavy (non-hydrogen) atoms. The van der Waals surface area contributed by atoms with Gasteiger partial charge in [0.1, 0.15) is 0 Å². The van der Waals surface area contributed by atoms with Gasteiger partial charge < -0.3 is 15.3 Å². The lowest BCUT2D eigenvalue weighted by Gasteiger charge is -1.74. The second-order valence-corrected chi connectivity index (χ2v) is 0.926. The molecular weight excluding hydrogens is 116 g/mol. The molecule has 0 heterocycles. The molecule has 0 bridgehead atoms. The average molecular weight is 122 g/mol. The third kappa shape index (κ3) is 51.8. The summed E-state index contributed by atoms with van der Waals surface area (Å²) < 4.78 is 0. The van der Waals surface area contributed by atoms with E-state index in [2.05, 4.69) is 5.73 Å². The van der Waals surface area contributed by atoms with Gasteiger partial charge in [-0.3, -0.25) is 5.73 Å². The SMILES string of the molecule is CC([NH3+])=O.O=[N+]([O-])[O-]. The molecular formula is C2H6N2O4. The highest BCUT2D eigenvalue weighted by atomic mass is 16.9. The van der Waals surface area contributed by atoms with Crippen molar-refractivity contribution >= 4 is 5.91 Å². The molecule has 0 fully saturated rings. The van der Waals surface area contributed by atoms with Crippen LogP contribution in [-0.4, -0.2) is 11.0 Å². The first-order valence-electron chi connectivity index (χ1n) is 1.61. The summed E-state index contributed by atoms with van der Waals surface area (Å²) in [6, 6.07) is 0. The lowest BCUT2D eigenvalue weighted by Crippen LogP contribution is -2.54. The number of carbonyl (C=O) groups excluding carboxylic acids is 1. The molecule has 0 radical (unpaired) electrons. The summed E-state index contributed by atoms with van der Waals surface area (Å²) in [7, 11) is 0. The molecule has 0 aliphatic heterocycles. The summed E-state index contributed by atoms with van der Waals surface area (Å²) >= 11 is 0. The summed E-state index contributed by atoms with van der Waals surface area (Å²) in [5.41, 5.74) is 3.00. The van der Waals surface area contributed by atoms with Gasteiger partial charge in [0, 0.05) is 0 Å². The van der Waals surface area contributed by atoms with Crippen LogP contribution < -0.4 is 5.73 Å². The maximum absolute atomic E-state index is 9.33. The highest BCUT2D eigenvalue weighted by Gasteiger charge is 1.68. The first-order valence-corrected chi connectivity index (χ1v) is 1.61. The lowest BCUT2D eigenvalue weighted by atomic mass is 10.8. The molecule has 6 nitrogen and oxygen atoms in total. The maximum atomic E-state index is 9.33. The van der Waals surface area contributed by atoms with E-state index in [-0.39, 0.29) is 5.91 Å². The van der Waals surface area contributed by atoms with Crippen molar-refractivity contribution in [3.05, 3.63) is 15.3 Å². The Hall–Kier alpha value is -1.17. The predicted molar refractivity (Wildman–Crippen MR) is 23.9 cm³/mol. The standard InChI is InChI=1S/C2H5NO.NO3/c1-2(3)4;2-1(3)4/h1H3,(H2,3,4);/q;-1/p+1. The molecule has 6 heteroatoms. The van der Waals surface area contributed by atoms with Gasteiger partial charge in [-0.05, 0) is 0 Å². The minimum atomic E-state index is -1.75. The molecule has 0 rings (SSSR count). The van der Waals surface area contributed by atoms with E-state index >= 15 is 0 Å². The van der Waals surface area contributed by atoms with Crippen molar-refractivity contribution in [1.82, 2.24) is 0 Å². The quantitative estimate of drug-likeness (QED) is 0.312. The van der Waals surface area contributed by atoms with E-state index in [1.54, 1.807) is 0 Å². The molecule has 0 spiro atoms. The Morgan fingerprint density at radius 3 is 1.62 bits per heavy atom. The predicted octanol–water partition coefficient (Wildman–Crippen LogP) is -1.46. The number of hydrogen-bond acceptors (Lipinski definition) is 4. The highest BCUT2D eigenvalue weighted by Crippen LogP contribution is 1.44. The normalized spacial score (nSPS) is 6.25. The Bertz CT molecular complexity index is 70.0. The number of rotatable bonds is 0. The third-order valence-corrected chi connectivity index (χ3v) is 0. The van der Waals surface area contributed by atoms with Gasteiger partial charge in [-0.2, -0.15) is 0 Å². The third-order valence-electron chi connectivity index (χ3n) is 0. The van der Waals surface area contributed by atoms with Crippen LogP contribution in [0.1, 0.15) is 6.92 Å². The minimum absolute atomic E-state index is 0.0833. The smallest absolute Gasteiger partial charge is 0.305 e. The van der Waals surface area contributed by atoms with Crippen LogP contribution in [0.2, 0.25) is 0 Å². The zero-order valence-electron chi connectivity index (χ0n) is 4.29. The van der Waals surface area contributed by atoms with E-state index < -0.39 is 5.09 Å². The second-order valence-electron chi connectivity index (χ2n) is 0.926. The fourth-order valence-electron chi connectivity index (χ4n) is 0. The zero-order valence-corrected chi connectivity index (χ0v) is 4.29. The number of hydrogen-bond donors (Lipinski definition) is 1. The molecule has 0 aromatic carbocycles. The highest BCUT2D eigenvalue weighted by molar-refractivity contribution is 5.60. The molecule has 0 aliphatic rings. The average Bonchev–Trinajstić information content (AvgIpc) is 1.25. The molecule has 0 aromatic rings. The van der Waals surface area contributed by atoms with Gasteiger partial charge in [0.05, 0.1) is 12.0 Å². The Morgan fingerprint density at radius 1 is 1.62 bits per heavy atom. The van der Waals surface area contributed by atoms with Gasteiger partial charge >= 0.3 is 5.91 Å². The molecule has 0 saturated carbocycles. The van der Waals surface area contributed by atoms with Crippen molar-refractivity contribution in [2.24, 2.45) is 0 Å². The molecule has 0 unspecified atom stereocenters. The zero-order chi connectivity index (χ0) is 7.15. The Kier molecular flexibility index (Phi) is 7.25. The van der Waals surface area contributed by atoms with Crippen molar-refractivity contribution in [1.29, 1.82) is 0 Å². The van der Waals surface area contributed by atoms with E-state index in [1.807, 2.05) is 0 Å². The van der Waals surface area contributed by atoms with Gasteiger partial charge in [-0.25, -0.2) is 4.79 Å². The molecule has 3 N–H and O–H groups in total. The van der Waals surface area contributed by atoms with Crippen molar-refractivity contribution < 1.29 is 15.6 Å². The number of quaternary nitrogens is 1. The van der Waals surface area contributed by atoms with Crippen molar-refractivity contribution in [2.75, 3.05) is 0 Å². The van der Waals surface area contributed by atoms with Crippen LogP contribution >= 0.6 is 0 Å². The molecule has 0 saturated heterocycles. The van der Waals surface area contributed by atoms with Crippen LogP contribution in [0.25, 0.3) is 0 Å². The van der Waals surface area contributed by atoms with Gasteiger partial charge in [0.15, 0.2) is 0 Å². The fraction of sp³-hybridized carbons (Fsp3) is 0.500. The monoisotopic (exact) mass is 122 g/mol.